The van der Waals surface area contributed by atoms with Crippen molar-refractivity contribution in [2.24, 2.45) is 0 Å². The van der Waals surface area contributed by atoms with Crippen LogP contribution >= 0.6 is 11.8 Å². The quantitative estimate of drug-likeness (QED) is 0.636. The number of benzene rings is 1. The molecule has 24 heavy (non-hydrogen) atoms. The second-order valence-electron chi connectivity index (χ2n) is 4.27. The normalized spacial score (nSPS) is 9.25. The van der Waals surface area contributed by atoms with Crippen LogP contribution in [0.1, 0.15) is 0 Å². The number of allylic oxidation sites excluding steroid dienone is 2. The number of nitrogens with one attached hydrogen (secondary N) is 2. The molecule has 0 saturated carbocycles. The number of aromatic amines is 1. The number of thioether (sulfide) groups is 1. The van der Waals surface area contributed by atoms with E-state index in [-0.39, 0.29) is 17.0 Å². The lowest BCUT2D eigenvalue weighted by Crippen LogP contribution is -2.15. The molecule has 0 aliphatic heterocycles. The number of hydrogen-bond acceptors (Lipinski definition) is 8. The Morgan fingerprint density at radius 1 is 1.17 bits per heavy atom. The van der Waals surface area contributed by atoms with Gasteiger partial charge in [-0.1, -0.05) is 30.0 Å². The van der Waals surface area contributed by atoms with Crippen molar-refractivity contribution in [1.29, 1.82) is 15.8 Å². The third-order valence-corrected chi connectivity index (χ3v) is 3.47. The van der Waals surface area contributed by atoms with Gasteiger partial charge in [-0.3, -0.25) is 9.78 Å². The Bertz CT molecular complexity index is 972. The molecule has 1 heterocycles. The molecule has 0 saturated heterocycles. The Morgan fingerprint density at radius 3 is 2.46 bits per heavy atom. The second kappa shape index (κ2) is 7.59. The number of nitriles is 3. The number of hydrogen-bond donors (Lipinski definition) is 2. The fourth-order valence-electron chi connectivity index (χ4n) is 1.81. The minimum absolute atomic E-state index is 0.0589. The summed E-state index contributed by atoms with van der Waals surface area (Å²) in [5.74, 6) is 0. The van der Waals surface area contributed by atoms with E-state index < -0.39 is 5.56 Å². The number of H-pyrrole nitrogens is 1. The van der Waals surface area contributed by atoms with Gasteiger partial charge < -0.3 is 5.32 Å². The smallest absolute Gasteiger partial charge is 0.278 e. The van der Waals surface area contributed by atoms with Crippen molar-refractivity contribution in [1.82, 2.24) is 15.2 Å². The monoisotopic (exact) mass is 335 g/mol. The fraction of sp³-hybridized carbons (Fsp3) is 0.0667. The molecule has 0 unspecified atom stereocenters. The van der Waals surface area contributed by atoms with Crippen LogP contribution in [0.4, 0.5) is 5.69 Å². The summed E-state index contributed by atoms with van der Waals surface area (Å²) in [6.45, 7) is 0. The van der Waals surface area contributed by atoms with Gasteiger partial charge in [-0.2, -0.15) is 15.8 Å². The molecule has 0 atom stereocenters. The lowest BCUT2D eigenvalue weighted by atomic mass is 10.1. The van der Waals surface area contributed by atoms with Crippen LogP contribution in [0.25, 0.3) is 11.3 Å². The molecule has 9 heteroatoms. The van der Waals surface area contributed by atoms with Gasteiger partial charge in [-0.25, -0.2) is 0 Å². The molecule has 0 aliphatic carbocycles. The first-order valence-electron chi connectivity index (χ1n) is 6.46. The molecular formula is C15H9N7OS. The number of rotatable bonds is 4. The first-order valence-corrected chi connectivity index (χ1v) is 7.69. The van der Waals surface area contributed by atoms with Crippen molar-refractivity contribution >= 4 is 17.4 Å². The molecular weight excluding hydrogens is 326 g/mol. The lowest BCUT2D eigenvalue weighted by molar-refractivity contribution is 0.826. The van der Waals surface area contributed by atoms with E-state index in [0.29, 0.717) is 16.4 Å². The van der Waals surface area contributed by atoms with E-state index in [1.807, 2.05) is 0 Å². The van der Waals surface area contributed by atoms with Gasteiger partial charge in [0, 0.05) is 11.3 Å². The van der Waals surface area contributed by atoms with Gasteiger partial charge in [0.15, 0.2) is 16.4 Å². The van der Waals surface area contributed by atoms with E-state index >= 15 is 0 Å². The largest absolute Gasteiger partial charge is 0.345 e. The molecule has 2 aromatic rings. The summed E-state index contributed by atoms with van der Waals surface area (Å²) in [4.78, 5) is 14.8. The summed E-state index contributed by atoms with van der Waals surface area (Å²) < 4.78 is 0. The number of para-hydroxylation sites is 1. The van der Waals surface area contributed by atoms with Crippen LogP contribution in [0.15, 0.2) is 45.5 Å². The predicted molar refractivity (Wildman–Crippen MR) is 87.4 cm³/mol. The highest BCUT2D eigenvalue weighted by Gasteiger charge is 2.14. The van der Waals surface area contributed by atoms with Crippen molar-refractivity contribution in [3.63, 3.8) is 0 Å². The summed E-state index contributed by atoms with van der Waals surface area (Å²) in [5, 5.41) is 37.8. The van der Waals surface area contributed by atoms with Crippen LogP contribution in [0.2, 0.25) is 0 Å². The lowest BCUT2D eigenvalue weighted by Gasteiger charge is -2.10. The highest BCUT2D eigenvalue weighted by atomic mass is 32.2. The number of aromatic nitrogens is 3. The molecule has 116 valence electrons. The highest BCUT2D eigenvalue weighted by Crippen LogP contribution is 2.25. The minimum atomic E-state index is -0.438. The third kappa shape index (κ3) is 3.41. The van der Waals surface area contributed by atoms with Gasteiger partial charge in [0.25, 0.3) is 5.56 Å². The van der Waals surface area contributed by atoms with Gasteiger partial charge in [0.2, 0.25) is 0 Å². The van der Waals surface area contributed by atoms with Crippen LogP contribution in [0.5, 0.6) is 0 Å². The molecule has 0 aliphatic rings. The third-order valence-electron chi connectivity index (χ3n) is 2.90. The van der Waals surface area contributed by atoms with Crippen LogP contribution in [0.3, 0.4) is 0 Å². The first kappa shape index (κ1) is 16.8. The standard InChI is InChI=1S/C15H9N7OS/c1-24-15-20-14(23)13(21-22-15)10-4-2-3-5-11(10)19-12(8-18)9(6-16)7-17/h2-5,19H,1H3,(H,20,22,23). The van der Waals surface area contributed by atoms with Crippen molar-refractivity contribution in [3.8, 4) is 29.5 Å². The van der Waals surface area contributed by atoms with E-state index in [0.717, 1.165) is 0 Å². The van der Waals surface area contributed by atoms with E-state index in [1.54, 1.807) is 48.7 Å². The SMILES string of the molecule is CSc1nnc(-c2ccccc2NC(C#N)=C(C#N)C#N)c(=O)[nH]1. The molecule has 0 amide bonds. The Morgan fingerprint density at radius 2 is 1.88 bits per heavy atom. The summed E-state index contributed by atoms with van der Waals surface area (Å²) in [6.07, 6.45) is 1.75. The molecule has 2 N–H and O–H groups in total. The van der Waals surface area contributed by atoms with E-state index in [9.17, 15) is 4.79 Å². The highest BCUT2D eigenvalue weighted by molar-refractivity contribution is 7.98. The van der Waals surface area contributed by atoms with Gasteiger partial charge >= 0.3 is 0 Å². The molecule has 1 aromatic carbocycles. The second-order valence-corrected chi connectivity index (χ2v) is 5.06. The zero-order valence-electron chi connectivity index (χ0n) is 12.4. The van der Waals surface area contributed by atoms with E-state index in [1.165, 1.54) is 11.8 Å². The Balaban J connectivity index is 2.56. The summed E-state index contributed by atoms with van der Waals surface area (Å²) in [6, 6.07) is 11.6. The topological polar surface area (TPSA) is 142 Å². The zero-order chi connectivity index (χ0) is 17.5. The zero-order valence-corrected chi connectivity index (χ0v) is 13.2. The molecule has 0 bridgehead atoms. The van der Waals surface area contributed by atoms with Crippen molar-refractivity contribution in [2.45, 2.75) is 5.16 Å². The molecule has 0 spiro atoms. The maximum Gasteiger partial charge on any atom is 0.278 e. The van der Waals surface area contributed by atoms with Crippen molar-refractivity contribution in [2.75, 3.05) is 11.6 Å². The summed E-state index contributed by atoms with van der Waals surface area (Å²) in [5.41, 5.74) is -0.200. The van der Waals surface area contributed by atoms with Gasteiger partial charge in [0.05, 0.1) is 0 Å². The van der Waals surface area contributed by atoms with Crippen LogP contribution in [0, 0.1) is 34.0 Å². The Hall–Kier alpha value is -3.61. The van der Waals surface area contributed by atoms with E-state index in [4.69, 9.17) is 15.8 Å². The van der Waals surface area contributed by atoms with Crippen LogP contribution in [-0.4, -0.2) is 21.4 Å². The fourth-order valence-corrected chi connectivity index (χ4v) is 2.12. The van der Waals surface area contributed by atoms with Crippen LogP contribution in [-0.2, 0) is 0 Å². The van der Waals surface area contributed by atoms with Gasteiger partial charge in [-0.05, 0) is 12.3 Å². The first-order chi connectivity index (χ1) is 11.6. The van der Waals surface area contributed by atoms with Crippen molar-refractivity contribution in [3.05, 3.63) is 45.9 Å². The van der Waals surface area contributed by atoms with E-state index in [2.05, 4.69) is 20.5 Å². The maximum atomic E-state index is 12.2. The molecule has 0 fully saturated rings. The summed E-state index contributed by atoms with van der Waals surface area (Å²) >= 11 is 1.25. The van der Waals surface area contributed by atoms with Crippen LogP contribution < -0.4 is 10.9 Å². The Labute approximate surface area is 141 Å². The average Bonchev–Trinajstić information content (AvgIpc) is 2.62. The maximum absolute atomic E-state index is 12.2. The number of anilines is 1. The molecule has 0 radical (unpaired) electrons. The minimum Gasteiger partial charge on any atom is -0.345 e. The molecule has 2 rings (SSSR count). The van der Waals surface area contributed by atoms with Crippen molar-refractivity contribution < 1.29 is 0 Å². The number of nitrogens with zero attached hydrogens (tertiary/aromatic N) is 5. The average molecular weight is 335 g/mol. The molecule has 8 nitrogen and oxygen atoms in total. The predicted octanol–water partition coefficient (Wildman–Crippen LogP) is 1.79. The van der Waals surface area contributed by atoms with Gasteiger partial charge in [-0.15, -0.1) is 10.2 Å². The molecule has 1 aromatic heterocycles. The van der Waals surface area contributed by atoms with Gasteiger partial charge in [0.1, 0.15) is 23.9 Å². The Kier molecular flexibility index (Phi) is 5.30. The summed E-state index contributed by atoms with van der Waals surface area (Å²) in [7, 11) is 0.